The molecule has 1 unspecified atom stereocenters. The molecule has 0 aliphatic rings. The minimum Gasteiger partial charge on any atom is -0.323 e. The summed E-state index contributed by atoms with van der Waals surface area (Å²) in [5.74, 6) is 0.118. The maximum absolute atomic E-state index is 11.4. The summed E-state index contributed by atoms with van der Waals surface area (Å²) >= 11 is 0. The lowest BCUT2D eigenvalue weighted by atomic mass is 10.2. The normalized spacial score (nSPS) is 12.6. The number of carbonyl (C=O) groups excluding carboxylic acids is 1. The van der Waals surface area contributed by atoms with Crippen molar-refractivity contribution in [3.8, 4) is 0 Å². The second-order valence-corrected chi connectivity index (χ2v) is 3.74. The molecule has 82 valence electrons. The molecule has 1 atom stereocenters. The highest BCUT2D eigenvalue weighted by Gasteiger charge is 2.09. The molecule has 1 amide bonds. The highest BCUT2D eigenvalue weighted by molar-refractivity contribution is 5.90. The van der Waals surface area contributed by atoms with E-state index in [1.807, 2.05) is 20.8 Å². The number of aromatic nitrogens is 2. The van der Waals surface area contributed by atoms with Gasteiger partial charge in [0, 0.05) is 18.2 Å². The number of hydrogen-bond donors (Lipinski definition) is 2. The summed E-state index contributed by atoms with van der Waals surface area (Å²) in [4.78, 5) is 19.4. The van der Waals surface area contributed by atoms with E-state index in [9.17, 15) is 4.79 Å². The first kappa shape index (κ1) is 11.6. The smallest absolute Gasteiger partial charge is 0.229 e. The Morgan fingerprint density at radius 1 is 1.47 bits per heavy atom. The zero-order chi connectivity index (χ0) is 11.4. The molecule has 0 saturated carbocycles. The van der Waals surface area contributed by atoms with Gasteiger partial charge in [-0.25, -0.2) is 9.97 Å². The van der Waals surface area contributed by atoms with Crippen molar-refractivity contribution in [2.45, 2.75) is 26.8 Å². The fourth-order valence-electron chi connectivity index (χ4n) is 0.941. The zero-order valence-corrected chi connectivity index (χ0v) is 9.19. The molecule has 1 aromatic rings. The van der Waals surface area contributed by atoms with Crippen LogP contribution >= 0.6 is 0 Å². The molecule has 1 rings (SSSR count). The van der Waals surface area contributed by atoms with E-state index in [2.05, 4.69) is 15.3 Å². The molecule has 0 aliphatic heterocycles. The van der Waals surface area contributed by atoms with Gasteiger partial charge < -0.3 is 5.73 Å². The van der Waals surface area contributed by atoms with Crippen LogP contribution in [-0.2, 0) is 4.79 Å². The number of rotatable bonds is 3. The van der Waals surface area contributed by atoms with Gasteiger partial charge >= 0.3 is 0 Å². The molecule has 0 spiro atoms. The fourth-order valence-corrected chi connectivity index (χ4v) is 0.941. The second-order valence-electron chi connectivity index (χ2n) is 3.74. The molecule has 5 nitrogen and oxygen atoms in total. The van der Waals surface area contributed by atoms with E-state index in [1.165, 1.54) is 0 Å². The minimum absolute atomic E-state index is 0.0902. The Kier molecular flexibility index (Phi) is 3.74. The van der Waals surface area contributed by atoms with Gasteiger partial charge in [0.1, 0.15) is 0 Å². The summed E-state index contributed by atoms with van der Waals surface area (Å²) in [6, 6.07) is 1.57. The second kappa shape index (κ2) is 4.84. The lowest BCUT2D eigenvalue weighted by molar-refractivity contribution is -0.118. The molecule has 0 radical (unpaired) electrons. The first-order valence-corrected chi connectivity index (χ1v) is 4.90. The number of nitrogens with zero attached hydrogens (tertiary/aromatic N) is 2. The van der Waals surface area contributed by atoms with E-state index < -0.39 is 0 Å². The van der Waals surface area contributed by atoms with E-state index in [-0.39, 0.29) is 17.9 Å². The van der Waals surface area contributed by atoms with E-state index >= 15 is 0 Å². The van der Waals surface area contributed by atoms with Crippen molar-refractivity contribution in [2.75, 3.05) is 5.32 Å². The number of anilines is 1. The molecule has 0 aliphatic carbocycles. The van der Waals surface area contributed by atoms with E-state index in [0.29, 0.717) is 11.6 Å². The van der Waals surface area contributed by atoms with Crippen LogP contribution in [0.3, 0.4) is 0 Å². The molecule has 3 N–H and O–H groups in total. The number of nitrogens with one attached hydrogen (secondary N) is 1. The number of nitrogens with two attached hydrogens (primary N) is 1. The highest BCUT2D eigenvalue weighted by Crippen LogP contribution is 2.08. The van der Waals surface area contributed by atoms with E-state index in [4.69, 9.17) is 5.73 Å². The van der Waals surface area contributed by atoms with Crippen molar-refractivity contribution >= 4 is 11.9 Å². The molecule has 0 saturated heterocycles. The molecule has 1 heterocycles. The average molecular weight is 208 g/mol. The first-order chi connectivity index (χ1) is 7.00. The first-order valence-electron chi connectivity index (χ1n) is 4.90. The van der Waals surface area contributed by atoms with Crippen LogP contribution in [0.1, 0.15) is 32.5 Å². The zero-order valence-electron chi connectivity index (χ0n) is 9.19. The van der Waals surface area contributed by atoms with Crippen LogP contribution in [0, 0.1) is 5.92 Å². The molecule has 0 fully saturated rings. The van der Waals surface area contributed by atoms with Crippen molar-refractivity contribution < 1.29 is 4.79 Å². The molecular formula is C10H16N4O. The average Bonchev–Trinajstić information content (AvgIpc) is 2.18. The van der Waals surface area contributed by atoms with Gasteiger partial charge in [0.15, 0.2) is 0 Å². The van der Waals surface area contributed by atoms with Crippen LogP contribution in [0.2, 0.25) is 0 Å². The summed E-state index contributed by atoms with van der Waals surface area (Å²) in [5, 5.41) is 2.62. The van der Waals surface area contributed by atoms with E-state index in [0.717, 1.165) is 0 Å². The van der Waals surface area contributed by atoms with Crippen LogP contribution in [0.5, 0.6) is 0 Å². The third-order valence-electron chi connectivity index (χ3n) is 1.90. The number of amides is 1. The van der Waals surface area contributed by atoms with Crippen LogP contribution in [0.4, 0.5) is 5.95 Å². The Hall–Kier alpha value is -1.49. The third-order valence-corrected chi connectivity index (χ3v) is 1.90. The highest BCUT2D eigenvalue weighted by atomic mass is 16.1. The monoisotopic (exact) mass is 208 g/mol. The van der Waals surface area contributed by atoms with E-state index in [1.54, 1.807) is 12.3 Å². The van der Waals surface area contributed by atoms with Crippen molar-refractivity contribution in [3.05, 3.63) is 18.0 Å². The van der Waals surface area contributed by atoms with Gasteiger partial charge in [0.25, 0.3) is 0 Å². The SMILES string of the molecule is CC(C)C(=O)Nc1nccc(C(C)N)n1. The fraction of sp³-hybridized carbons (Fsp3) is 0.500. The predicted octanol–water partition coefficient (Wildman–Crippen LogP) is 1.09. The van der Waals surface area contributed by atoms with Crippen LogP contribution in [0.25, 0.3) is 0 Å². The van der Waals surface area contributed by atoms with Gasteiger partial charge in [-0.3, -0.25) is 10.1 Å². The predicted molar refractivity (Wildman–Crippen MR) is 58.1 cm³/mol. The maximum atomic E-state index is 11.4. The lowest BCUT2D eigenvalue weighted by Crippen LogP contribution is -2.20. The summed E-state index contributed by atoms with van der Waals surface area (Å²) in [7, 11) is 0. The molecule has 0 bridgehead atoms. The van der Waals surface area contributed by atoms with Gasteiger partial charge in [-0.2, -0.15) is 0 Å². The van der Waals surface area contributed by atoms with Gasteiger partial charge in [0.2, 0.25) is 11.9 Å². The summed E-state index contributed by atoms with van der Waals surface area (Å²) < 4.78 is 0. The van der Waals surface area contributed by atoms with Crippen molar-refractivity contribution in [1.82, 2.24) is 9.97 Å². The molecule has 5 heteroatoms. The standard InChI is InChI=1S/C10H16N4O/c1-6(2)9(15)14-10-12-5-4-8(13-10)7(3)11/h4-7H,11H2,1-3H3,(H,12,13,14,15). The third kappa shape index (κ3) is 3.28. The van der Waals surface area contributed by atoms with Crippen LogP contribution < -0.4 is 11.1 Å². The Morgan fingerprint density at radius 2 is 2.13 bits per heavy atom. The van der Waals surface area contributed by atoms with Gasteiger partial charge in [-0.15, -0.1) is 0 Å². The topological polar surface area (TPSA) is 80.9 Å². The van der Waals surface area contributed by atoms with Crippen molar-refractivity contribution in [1.29, 1.82) is 0 Å². The van der Waals surface area contributed by atoms with Crippen molar-refractivity contribution in [2.24, 2.45) is 11.7 Å². The lowest BCUT2D eigenvalue weighted by Gasteiger charge is -2.08. The summed E-state index contributed by atoms with van der Waals surface area (Å²) in [6.45, 7) is 5.45. The molecule has 0 aromatic carbocycles. The summed E-state index contributed by atoms with van der Waals surface area (Å²) in [5.41, 5.74) is 6.38. The Balaban J connectivity index is 2.78. The molecule has 15 heavy (non-hydrogen) atoms. The van der Waals surface area contributed by atoms with Crippen LogP contribution in [0.15, 0.2) is 12.3 Å². The van der Waals surface area contributed by atoms with Gasteiger partial charge in [0.05, 0.1) is 5.69 Å². The Labute approximate surface area is 89.1 Å². The molecule has 1 aromatic heterocycles. The number of carbonyl (C=O) groups is 1. The maximum Gasteiger partial charge on any atom is 0.229 e. The minimum atomic E-state index is -0.164. The largest absolute Gasteiger partial charge is 0.323 e. The van der Waals surface area contributed by atoms with Gasteiger partial charge in [-0.1, -0.05) is 13.8 Å². The number of hydrogen-bond acceptors (Lipinski definition) is 4. The summed E-state index contributed by atoms with van der Waals surface area (Å²) in [6.07, 6.45) is 1.58. The van der Waals surface area contributed by atoms with Gasteiger partial charge in [-0.05, 0) is 13.0 Å². The Bertz CT molecular complexity index is 349. The van der Waals surface area contributed by atoms with Crippen molar-refractivity contribution in [3.63, 3.8) is 0 Å². The quantitative estimate of drug-likeness (QED) is 0.779. The Morgan fingerprint density at radius 3 is 2.67 bits per heavy atom. The molecular weight excluding hydrogens is 192 g/mol. The van der Waals surface area contributed by atoms with Crippen LogP contribution in [-0.4, -0.2) is 15.9 Å².